The van der Waals surface area contributed by atoms with Gasteiger partial charge in [-0.15, -0.1) is 0 Å². The molecule has 0 aliphatic rings. The maximum Gasteiger partial charge on any atom is 0.331 e. The Morgan fingerprint density at radius 2 is 1.62 bits per heavy atom. The minimum Gasteiger partial charge on any atom is -0.478 e. The number of aliphatic carboxylic acids is 1. The molecule has 0 bridgehead atoms. The third-order valence-corrected chi connectivity index (χ3v) is 5.97. The highest BCUT2D eigenvalue weighted by molar-refractivity contribution is 5.86. The highest BCUT2D eigenvalue weighted by Gasteiger charge is 2.41. The zero-order chi connectivity index (χ0) is 23.2. The first-order valence-electron chi connectivity index (χ1n) is 10.5. The molecular formula is C22H43N3O4. The molecule has 1 unspecified atom stereocenters. The Kier molecular flexibility index (Phi) is 10.5. The summed E-state index contributed by atoms with van der Waals surface area (Å²) in [5, 5.41) is 26.7. The van der Waals surface area contributed by atoms with Gasteiger partial charge in [-0.1, -0.05) is 54.5 Å². The van der Waals surface area contributed by atoms with Crippen LogP contribution in [0.2, 0.25) is 0 Å². The van der Waals surface area contributed by atoms with Crippen molar-refractivity contribution in [3.63, 3.8) is 0 Å². The van der Waals surface area contributed by atoms with Crippen molar-refractivity contribution in [3.8, 4) is 0 Å². The molecule has 0 rings (SSSR count). The first kappa shape index (κ1) is 27.6. The lowest BCUT2D eigenvalue weighted by Gasteiger charge is -2.44. The van der Waals surface area contributed by atoms with E-state index in [1.165, 1.54) is 0 Å². The number of hydrogen-bond acceptors (Lipinski definition) is 5. The van der Waals surface area contributed by atoms with Crippen molar-refractivity contribution in [2.75, 3.05) is 14.1 Å². The van der Waals surface area contributed by atoms with Crippen LogP contribution >= 0.6 is 0 Å². The second-order valence-electron chi connectivity index (χ2n) is 9.32. The lowest BCUT2D eigenvalue weighted by molar-refractivity contribution is -0.133. The second kappa shape index (κ2) is 11.1. The lowest BCUT2D eigenvalue weighted by atomic mass is 9.83. The van der Waals surface area contributed by atoms with E-state index in [2.05, 4.69) is 10.6 Å². The SMILES string of the molecule is CCC(CC)(NC)C(=O)N[C@H](C(O)N(C)[C@H](/C=C(\C)C(=O)O)C(C)C)C(C)(C)C. The zero-order valence-corrected chi connectivity index (χ0v) is 20.0. The fourth-order valence-electron chi connectivity index (χ4n) is 3.58. The Balaban J connectivity index is 5.91. The summed E-state index contributed by atoms with van der Waals surface area (Å²) in [6, 6.07) is -0.847. The molecule has 29 heavy (non-hydrogen) atoms. The summed E-state index contributed by atoms with van der Waals surface area (Å²) < 4.78 is 0. The van der Waals surface area contributed by atoms with E-state index in [-0.39, 0.29) is 23.4 Å². The van der Waals surface area contributed by atoms with E-state index >= 15 is 0 Å². The molecule has 0 aromatic carbocycles. The smallest absolute Gasteiger partial charge is 0.331 e. The Morgan fingerprint density at radius 1 is 1.14 bits per heavy atom. The molecule has 0 radical (unpaired) electrons. The Morgan fingerprint density at radius 3 is 1.93 bits per heavy atom. The quantitative estimate of drug-likeness (QED) is 0.307. The molecule has 0 aliphatic carbocycles. The van der Waals surface area contributed by atoms with Gasteiger partial charge in [0.05, 0.1) is 11.6 Å². The zero-order valence-electron chi connectivity index (χ0n) is 20.0. The Hall–Kier alpha value is -1.44. The van der Waals surface area contributed by atoms with E-state index in [0.29, 0.717) is 12.8 Å². The fraction of sp³-hybridized carbons (Fsp3) is 0.818. The largest absolute Gasteiger partial charge is 0.478 e. The number of carbonyl (C=O) groups excluding carboxylic acids is 1. The van der Waals surface area contributed by atoms with E-state index < -0.39 is 29.2 Å². The van der Waals surface area contributed by atoms with Gasteiger partial charge in [0.25, 0.3) is 0 Å². The number of carboxylic acid groups (broad SMARTS) is 1. The van der Waals surface area contributed by atoms with E-state index in [4.69, 9.17) is 0 Å². The van der Waals surface area contributed by atoms with Crippen molar-refractivity contribution in [2.24, 2.45) is 11.3 Å². The highest BCUT2D eigenvalue weighted by atomic mass is 16.4. The number of rotatable bonds is 11. The van der Waals surface area contributed by atoms with Crippen molar-refractivity contribution in [2.45, 2.75) is 92.1 Å². The van der Waals surface area contributed by atoms with Crippen LogP contribution in [0.5, 0.6) is 0 Å². The molecule has 0 aliphatic heterocycles. The standard InChI is InChI=1S/C22H43N3O4/c1-11-22(12-2,23-9)20(29)24-17(21(6,7)8)18(26)25(10)16(14(3)4)13-15(5)19(27)28/h13-14,16-18,23,26H,11-12H2,1-10H3,(H,24,29)(H,27,28)/b15-13+/t16-,17-,18?/m1/s1. The Labute approximate surface area is 176 Å². The Bertz CT molecular complexity index is 569. The molecule has 3 atom stereocenters. The fourth-order valence-corrected chi connectivity index (χ4v) is 3.58. The van der Waals surface area contributed by atoms with Crippen LogP contribution in [0, 0.1) is 11.3 Å². The molecule has 0 aromatic rings. The summed E-state index contributed by atoms with van der Waals surface area (Å²) in [6.07, 6.45) is 1.92. The van der Waals surface area contributed by atoms with Crippen LogP contribution in [0.3, 0.4) is 0 Å². The van der Waals surface area contributed by atoms with Crippen LogP contribution in [0.1, 0.15) is 68.2 Å². The van der Waals surface area contributed by atoms with Gasteiger partial charge in [-0.05, 0) is 45.2 Å². The normalized spacial score (nSPS) is 16.7. The minimum absolute atomic E-state index is 0.0722. The molecular weight excluding hydrogens is 370 g/mol. The van der Waals surface area contributed by atoms with Crippen molar-refractivity contribution < 1.29 is 19.8 Å². The molecule has 7 heteroatoms. The number of hydrogen-bond donors (Lipinski definition) is 4. The van der Waals surface area contributed by atoms with E-state index in [9.17, 15) is 19.8 Å². The minimum atomic E-state index is -0.993. The average Bonchev–Trinajstić information content (AvgIpc) is 2.63. The number of nitrogens with one attached hydrogen (secondary N) is 2. The van der Waals surface area contributed by atoms with Gasteiger partial charge in [0.15, 0.2) is 0 Å². The van der Waals surface area contributed by atoms with Gasteiger partial charge in [0, 0.05) is 11.6 Å². The number of aliphatic hydroxyl groups excluding tert-OH is 1. The summed E-state index contributed by atoms with van der Waals surface area (Å²) in [7, 11) is 3.53. The lowest BCUT2D eigenvalue weighted by Crippen LogP contribution is -2.64. The maximum absolute atomic E-state index is 13.1. The van der Waals surface area contributed by atoms with Crippen LogP contribution in [0.25, 0.3) is 0 Å². The van der Waals surface area contributed by atoms with Gasteiger partial charge >= 0.3 is 5.97 Å². The van der Waals surface area contributed by atoms with Crippen LogP contribution in [0.4, 0.5) is 0 Å². The number of aliphatic hydroxyl groups is 1. The maximum atomic E-state index is 13.1. The predicted molar refractivity (Wildman–Crippen MR) is 118 cm³/mol. The van der Waals surface area contributed by atoms with Crippen LogP contribution in [-0.2, 0) is 9.59 Å². The molecule has 170 valence electrons. The summed E-state index contributed by atoms with van der Waals surface area (Å²) in [4.78, 5) is 26.1. The molecule has 0 aromatic heterocycles. The first-order chi connectivity index (χ1) is 13.2. The predicted octanol–water partition coefficient (Wildman–Crippen LogP) is 2.60. The average molecular weight is 414 g/mol. The van der Waals surface area contributed by atoms with Gasteiger partial charge < -0.3 is 20.8 Å². The number of amides is 1. The van der Waals surface area contributed by atoms with Crippen molar-refractivity contribution in [3.05, 3.63) is 11.6 Å². The number of likely N-dealkylation sites (N-methyl/N-ethyl adjacent to an activating group) is 2. The summed E-state index contributed by atoms with van der Waals surface area (Å²) in [6.45, 7) is 15.3. The van der Waals surface area contributed by atoms with E-state index in [1.807, 2.05) is 48.5 Å². The molecule has 7 nitrogen and oxygen atoms in total. The van der Waals surface area contributed by atoms with Crippen molar-refractivity contribution >= 4 is 11.9 Å². The topological polar surface area (TPSA) is 102 Å². The van der Waals surface area contributed by atoms with Gasteiger partial charge in [-0.2, -0.15) is 0 Å². The van der Waals surface area contributed by atoms with Crippen LogP contribution in [0.15, 0.2) is 11.6 Å². The number of carbonyl (C=O) groups is 2. The molecule has 0 spiro atoms. The van der Waals surface area contributed by atoms with E-state index in [0.717, 1.165) is 0 Å². The number of carboxylic acids is 1. The second-order valence-corrected chi connectivity index (χ2v) is 9.32. The van der Waals surface area contributed by atoms with Gasteiger partial charge in [-0.25, -0.2) is 4.79 Å². The third-order valence-electron chi connectivity index (χ3n) is 5.97. The van der Waals surface area contributed by atoms with Gasteiger partial charge in [0.2, 0.25) is 5.91 Å². The monoisotopic (exact) mass is 413 g/mol. The summed E-state index contributed by atoms with van der Waals surface area (Å²) in [5.41, 5.74) is -0.888. The van der Waals surface area contributed by atoms with Crippen LogP contribution in [-0.4, -0.2) is 64.9 Å². The summed E-state index contributed by atoms with van der Waals surface area (Å²) >= 11 is 0. The molecule has 0 saturated heterocycles. The highest BCUT2D eigenvalue weighted by Crippen LogP contribution is 2.27. The number of nitrogens with zero attached hydrogens (tertiary/aromatic N) is 1. The van der Waals surface area contributed by atoms with Gasteiger partial charge in [-0.3, -0.25) is 9.69 Å². The van der Waals surface area contributed by atoms with Crippen molar-refractivity contribution in [1.82, 2.24) is 15.5 Å². The van der Waals surface area contributed by atoms with Gasteiger partial charge in [0.1, 0.15) is 6.23 Å². The molecule has 0 fully saturated rings. The molecule has 0 saturated carbocycles. The molecule has 0 heterocycles. The molecule has 4 N–H and O–H groups in total. The van der Waals surface area contributed by atoms with Crippen molar-refractivity contribution in [1.29, 1.82) is 0 Å². The molecule has 1 amide bonds. The van der Waals surface area contributed by atoms with Crippen LogP contribution < -0.4 is 10.6 Å². The summed E-state index contributed by atoms with van der Waals surface area (Å²) in [5.74, 6) is -1.05. The van der Waals surface area contributed by atoms with E-state index in [1.54, 1.807) is 32.0 Å². The third kappa shape index (κ3) is 7.08. The first-order valence-corrected chi connectivity index (χ1v) is 10.5.